The fourth-order valence-electron chi connectivity index (χ4n) is 9.66. The van der Waals surface area contributed by atoms with Crippen molar-refractivity contribution in [2.24, 2.45) is 0 Å². The number of carbonyl (C=O) groups excluding carboxylic acids is 10. The zero-order valence-corrected chi connectivity index (χ0v) is 59.0. The third kappa shape index (κ3) is 56.3. The number of esters is 1. The van der Waals surface area contributed by atoms with Crippen LogP contribution in [0.5, 0.6) is 0 Å². The van der Waals surface area contributed by atoms with Crippen LogP contribution in [0.25, 0.3) is 0 Å². The largest absolute Gasteiger partial charge is 0.461 e. The summed E-state index contributed by atoms with van der Waals surface area (Å²) in [6.07, 6.45) is 32.3. The SMILES string of the molecule is CCCCCC/C=C\COC(=O)CCCNC(=O)C(CCC(=O)NC(CC(=O)NCCCCCCCCCCCC)C(=O)NCCCCCCCCCCCC)NC(=O)CCC(=O)NCCSSCCNC(=O)C(CCCNC(=O)CN(C)C)NC(=O)CN(C)C. The first-order chi connectivity index (χ1) is 43.9. The Morgan fingerprint density at radius 1 is 0.363 bits per heavy atom. The van der Waals surface area contributed by atoms with E-state index in [9.17, 15) is 47.9 Å². The lowest BCUT2D eigenvalue weighted by atomic mass is 10.1. The Labute approximate surface area is 556 Å². The lowest BCUT2D eigenvalue weighted by molar-refractivity contribution is -0.142. The van der Waals surface area contributed by atoms with Crippen LogP contribution in [0.15, 0.2) is 12.2 Å². The van der Waals surface area contributed by atoms with E-state index in [0.29, 0.717) is 57.1 Å². The van der Waals surface area contributed by atoms with Gasteiger partial charge in [-0.15, -0.1) is 0 Å². The molecule has 0 aromatic rings. The molecular weight excluding hydrogens is 1200 g/mol. The highest BCUT2D eigenvalue weighted by Crippen LogP contribution is 2.19. The molecule has 91 heavy (non-hydrogen) atoms. The Kier molecular flexibility index (Phi) is 57.9. The van der Waals surface area contributed by atoms with Crippen molar-refractivity contribution in [2.75, 3.05) is 98.7 Å². The summed E-state index contributed by atoms with van der Waals surface area (Å²) in [5, 5.41) is 25.3. The standard InChI is InChI=1S/C67H125N11O11S2/c1-8-11-14-17-20-22-24-26-29-32-43-68-61(82)52-57(67(88)71-44-33-30-27-25-23-21-18-15-12-9-2)76-59(80)40-39-56(66(87)72-46-36-38-64(85)89-49-34-31-28-19-16-13-10-3)74-60(81)42-41-58(79)70-47-50-90-91-51-48-73-65(86)55(75-63(84)54-78(6)7)37-35-45-69-62(83)53-77(4)5/h31,34,55-57H,8-30,32-33,35-54H2,1-7H3,(H,68,82)(H,69,83)(H,70,79)(H,71,88)(H,72,87)(H,73,86)(H,74,81)(H,75,84)(H,76,80)/b34-31-. The van der Waals surface area contributed by atoms with Gasteiger partial charge in [-0.2, -0.15) is 0 Å². The molecular formula is C67H125N11O11S2. The van der Waals surface area contributed by atoms with Crippen molar-refractivity contribution in [3.63, 3.8) is 0 Å². The number of amides is 9. The van der Waals surface area contributed by atoms with Gasteiger partial charge >= 0.3 is 5.97 Å². The Balaban J connectivity index is 5.58. The molecule has 0 aromatic carbocycles. The fourth-order valence-corrected chi connectivity index (χ4v) is 11.5. The molecule has 0 saturated carbocycles. The van der Waals surface area contributed by atoms with E-state index in [-0.39, 0.29) is 101 Å². The molecule has 0 fully saturated rings. The molecule has 0 saturated heterocycles. The minimum atomic E-state index is -1.21. The van der Waals surface area contributed by atoms with E-state index in [1.165, 1.54) is 105 Å². The molecule has 0 heterocycles. The monoisotopic (exact) mass is 1320 g/mol. The van der Waals surface area contributed by atoms with Crippen LogP contribution >= 0.6 is 21.6 Å². The molecule has 0 aromatic heterocycles. The average Bonchev–Trinajstić information content (AvgIpc) is 2.67. The third-order valence-corrected chi connectivity index (χ3v) is 17.2. The van der Waals surface area contributed by atoms with Crippen LogP contribution in [-0.4, -0.2) is 186 Å². The van der Waals surface area contributed by atoms with Gasteiger partial charge < -0.3 is 62.4 Å². The Hall–Kier alpha value is -4.94. The number of ether oxygens (including phenoxy) is 1. The van der Waals surface area contributed by atoms with Gasteiger partial charge in [0.1, 0.15) is 24.7 Å². The van der Waals surface area contributed by atoms with E-state index in [4.69, 9.17) is 4.74 Å². The number of nitrogens with one attached hydrogen (secondary N) is 9. The quantitative estimate of drug-likeness (QED) is 0.0120. The molecule has 0 aliphatic rings. The van der Waals surface area contributed by atoms with Crippen LogP contribution in [0.3, 0.4) is 0 Å². The summed E-state index contributed by atoms with van der Waals surface area (Å²) in [6, 6.07) is -3.14. The molecule has 9 amide bonds. The van der Waals surface area contributed by atoms with Crippen LogP contribution in [0, 0.1) is 0 Å². The van der Waals surface area contributed by atoms with E-state index >= 15 is 0 Å². The van der Waals surface area contributed by atoms with Crippen molar-refractivity contribution in [1.82, 2.24) is 57.7 Å². The van der Waals surface area contributed by atoms with Gasteiger partial charge in [0, 0.05) is 76.5 Å². The highest BCUT2D eigenvalue weighted by molar-refractivity contribution is 8.76. The van der Waals surface area contributed by atoms with Crippen molar-refractivity contribution < 1.29 is 52.7 Å². The van der Waals surface area contributed by atoms with Crippen LogP contribution < -0.4 is 47.9 Å². The van der Waals surface area contributed by atoms with E-state index in [1.807, 2.05) is 12.2 Å². The highest BCUT2D eigenvalue weighted by Gasteiger charge is 2.27. The van der Waals surface area contributed by atoms with Crippen molar-refractivity contribution >= 4 is 80.7 Å². The van der Waals surface area contributed by atoms with Crippen molar-refractivity contribution in [3.8, 4) is 0 Å². The summed E-state index contributed by atoms with van der Waals surface area (Å²) in [7, 11) is 10.1. The van der Waals surface area contributed by atoms with Gasteiger partial charge in [-0.1, -0.05) is 189 Å². The maximum atomic E-state index is 13.7. The summed E-state index contributed by atoms with van der Waals surface area (Å²) in [4.78, 5) is 134. The van der Waals surface area contributed by atoms with Crippen LogP contribution in [-0.2, 0) is 52.7 Å². The molecule has 24 heteroatoms. The number of carbonyl (C=O) groups is 10. The van der Waals surface area contributed by atoms with Gasteiger partial charge in [0.05, 0.1) is 19.5 Å². The molecule has 22 nitrogen and oxygen atoms in total. The van der Waals surface area contributed by atoms with E-state index in [1.54, 1.807) is 38.0 Å². The number of rotatable bonds is 62. The number of unbranched alkanes of at least 4 members (excludes halogenated alkanes) is 22. The molecule has 9 N–H and O–H groups in total. The molecule has 0 radical (unpaired) electrons. The van der Waals surface area contributed by atoms with Gasteiger partial charge in [-0.25, -0.2) is 0 Å². The fraction of sp³-hybridized carbons (Fsp3) is 0.821. The molecule has 526 valence electrons. The first-order valence-electron chi connectivity index (χ1n) is 34.8. The number of allylic oxidation sites excluding steroid dienone is 1. The van der Waals surface area contributed by atoms with Crippen molar-refractivity contribution in [3.05, 3.63) is 12.2 Å². The highest BCUT2D eigenvalue weighted by atomic mass is 33.1. The zero-order valence-electron chi connectivity index (χ0n) is 57.4. The van der Waals surface area contributed by atoms with Gasteiger partial charge in [0.25, 0.3) is 0 Å². The van der Waals surface area contributed by atoms with Crippen molar-refractivity contribution in [2.45, 2.75) is 257 Å². The molecule has 0 spiro atoms. The second-order valence-corrected chi connectivity index (χ2v) is 27.0. The summed E-state index contributed by atoms with van der Waals surface area (Å²) in [5.41, 5.74) is 0. The predicted molar refractivity (Wildman–Crippen MR) is 370 cm³/mol. The van der Waals surface area contributed by atoms with Crippen molar-refractivity contribution in [1.29, 1.82) is 0 Å². The molecule has 0 aliphatic heterocycles. The normalized spacial score (nSPS) is 12.2. The van der Waals surface area contributed by atoms with Gasteiger partial charge in [-0.3, -0.25) is 47.9 Å². The predicted octanol–water partition coefficient (Wildman–Crippen LogP) is 8.07. The Morgan fingerprint density at radius 3 is 1.32 bits per heavy atom. The van der Waals surface area contributed by atoms with Crippen LogP contribution in [0.2, 0.25) is 0 Å². The smallest absolute Gasteiger partial charge is 0.306 e. The molecule has 0 aliphatic carbocycles. The lowest BCUT2D eigenvalue weighted by Crippen LogP contribution is -2.50. The van der Waals surface area contributed by atoms with Crippen LogP contribution in [0.4, 0.5) is 0 Å². The van der Waals surface area contributed by atoms with E-state index in [0.717, 1.165) is 77.0 Å². The topological polar surface area (TPSA) is 295 Å². The zero-order chi connectivity index (χ0) is 67.4. The van der Waals surface area contributed by atoms with Crippen LogP contribution in [0.1, 0.15) is 239 Å². The number of nitrogens with zero attached hydrogens (tertiary/aromatic N) is 2. The van der Waals surface area contributed by atoms with E-state index < -0.39 is 47.7 Å². The second-order valence-electron chi connectivity index (χ2n) is 24.3. The minimum Gasteiger partial charge on any atom is -0.461 e. The second kappa shape index (κ2) is 61.3. The number of hydrogen-bond acceptors (Lipinski definition) is 15. The summed E-state index contributed by atoms with van der Waals surface area (Å²) < 4.78 is 5.31. The Morgan fingerprint density at radius 2 is 0.758 bits per heavy atom. The number of hydrogen-bond donors (Lipinski definition) is 9. The number of likely N-dealkylation sites (N-methyl/N-ethyl adjacent to an activating group) is 2. The third-order valence-electron chi connectivity index (χ3n) is 14.8. The molecule has 3 atom stereocenters. The molecule has 0 bridgehead atoms. The molecule has 0 rings (SSSR count). The summed E-state index contributed by atoms with van der Waals surface area (Å²) in [5.74, 6) is -3.07. The van der Waals surface area contributed by atoms with Gasteiger partial charge in [0.2, 0.25) is 53.2 Å². The lowest BCUT2D eigenvalue weighted by Gasteiger charge is -2.21. The minimum absolute atomic E-state index is 0.0484. The summed E-state index contributed by atoms with van der Waals surface area (Å²) >= 11 is 0. The first-order valence-corrected chi connectivity index (χ1v) is 37.3. The van der Waals surface area contributed by atoms with Gasteiger partial charge in [-0.05, 0) is 79.6 Å². The maximum Gasteiger partial charge on any atom is 0.306 e. The van der Waals surface area contributed by atoms with Gasteiger partial charge in [0.15, 0.2) is 0 Å². The average molecular weight is 1320 g/mol. The first kappa shape index (κ1) is 86.1. The maximum absolute atomic E-state index is 13.7. The summed E-state index contributed by atoms with van der Waals surface area (Å²) in [6.45, 7) is 9.07. The molecule has 3 unspecified atom stereocenters. The Bertz CT molecular complexity index is 2000. The van der Waals surface area contributed by atoms with E-state index in [2.05, 4.69) is 68.6 Å².